The van der Waals surface area contributed by atoms with Crippen molar-refractivity contribution in [3.8, 4) is 0 Å². The predicted molar refractivity (Wildman–Crippen MR) is 122 cm³/mol. The van der Waals surface area contributed by atoms with Crippen LogP contribution in [-0.2, 0) is 17.7 Å². The zero-order valence-corrected chi connectivity index (χ0v) is 17.6. The molecule has 2 aromatic rings. The molecule has 0 saturated carbocycles. The highest BCUT2D eigenvalue weighted by atomic mass is 19.1. The molecule has 2 saturated heterocycles. The second-order valence-corrected chi connectivity index (χ2v) is 7.98. The first-order valence-electron chi connectivity index (χ1n) is 13.8. The van der Waals surface area contributed by atoms with E-state index in [9.17, 15) is 0 Å². The molecular weight excluding hydrogens is 377 g/mol. The minimum atomic E-state index is -2.05. The van der Waals surface area contributed by atoms with Gasteiger partial charge >= 0.3 is 0 Å². The van der Waals surface area contributed by atoms with Crippen LogP contribution in [0.15, 0.2) is 42.4 Å². The molecule has 0 aromatic heterocycles. The summed E-state index contributed by atoms with van der Waals surface area (Å²) in [5.41, 5.74) is 1.94. The molecule has 0 aliphatic carbocycles. The normalized spacial score (nSPS) is 23.1. The Bertz CT molecular complexity index is 1030. The number of nitrogens with one attached hydrogen (secondary N) is 1. The van der Waals surface area contributed by atoms with Gasteiger partial charge in [-0.2, -0.15) is 0 Å². The molecule has 0 radical (unpaired) electrons. The van der Waals surface area contributed by atoms with Gasteiger partial charge in [0, 0.05) is 31.8 Å². The Labute approximate surface area is 188 Å². The number of nitrogens with zero attached hydrogens (tertiary/aromatic N) is 2. The lowest BCUT2D eigenvalue weighted by Crippen LogP contribution is -2.36. The van der Waals surface area contributed by atoms with Crippen molar-refractivity contribution in [2.45, 2.75) is 32.7 Å². The Morgan fingerprint density at radius 3 is 2.67 bits per heavy atom. The van der Waals surface area contributed by atoms with E-state index in [1.165, 1.54) is 11.1 Å². The van der Waals surface area contributed by atoms with Crippen LogP contribution in [0.3, 0.4) is 0 Å². The maximum Gasteiger partial charge on any atom is 0.160 e. The van der Waals surface area contributed by atoms with Crippen LogP contribution in [0.4, 0.5) is 15.8 Å². The summed E-state index contributed by atoms with van der Waals surface area (Å²) in [5, 5.41) is 0.979. The molecule has 2 aromatic carbocycles. The summed E-state index contributed by atoms with van der Waals surface area (Å²) in [6.07, 6.45) is 2.73. The summed E-state index contributed by atoms with van der Waals surface area (Å²) in [5.74, 6) is -0.914. The third kappa shape index (κ3) is 5.52. The lowest BCUT2D eigenvalue weighted by atomic mass is 9.96. The topological polar surface area (TPSA) is 27.7 Å². The number of piperidine rings is 1. The van der Waals surface area contributed by atoms with Crippen molar-refractivity contribution in [2.24, 2.45) is 5.92 Å². The molecular formula is C25H34FN3O. The summed E-state index contributed by atoms with van der Waals surface area (Å²) in [6.45, 7) is 2.83. The van der Waals surface area contributed by atoms with Crippen LogP contribution >= 0.6 is 0 Å². The van der Waals surface area contributed by atoms with Crippen molar-refractivity contribution < 1.29 is 17.4 Å². The van der Waals surface area contributed by atoms with E-state index in [4.69, 9.17) is 13.0 Å². The number of benzene rings is 2. The van der Waals surface area contributed by atoms with Gasteiger partial charge < -0.3 is 14.9 Å². The zero-order chi connectivity index (χ0) is 26.0. The number of halogens is 1. The van der Waals surface area contributed by atoms with E-state index < -0.39 is 36.1 Å². The molecule has 0 atom stereocenters. The number of rotatable bonds is 7. The largest absolute Gasteiger partial charge is 0.385 e. The maximum atomic E-state index is 15.3. The van der Waals surface area contributed by atoms with E-state index in [0.29, 0.717) is 0 Å². The highest BCUT2D eigenvalue weighted by Crippen LogP contribution is 2.25. The van der Waals surface area contributed by atoms with E-state index in [-0.39, 0.29) is 37.9 Å². The number of anilines is 2. The van der Waals surface area contributed by atoms with Crippen molar-refractivity contribution >= 4 is 11.4 Å². The van der Waals surface area contributed by atoms with Gasteiger partial charge in [-0.15, -0.1) is 0 Å². The van der Waals surface area contributed by atoms with Gasteiger partial charge in [0.05, 0.1) is 25.8 Å². The molecule has 162 valence electrons. The summed E-state index contributed by atoms with van der Waals surface area (Å²) in [6, 6.07) is 7.08. The SMILES string of the molecule is [2H]c1c([2H])c(N2CCOCC2([2H])[2H])c(F)c([2H])c1N([2H])CC1CCN(Cc2ccc(CC)cc2)CC1. The van der Waals surface area contributed by atoms with Gasteiger partial charge in [-0.25, -0.2) is 4.39 Å². The minimum Gasteiger partial charge on any atom is -0.385 e. The van der Waals surface area contributed by atoms with Gasteiger partial charge in [-0.1, -0.05) is 31.2 Å². The van der Waals surface area contributed by atoms with Crippen LogP contribution in [0.5, 0.6) is 0 Å². The van der Waals surface area contributed by atoms with Crippen LogP contribution < -0.4 is 10.2 Å². The number of hydrogen-bond acceptors (Lipinski definition) is 4. The average Bonchev–Trinajstić information content (AvgIpc) is 2.85. The first-order chi connectivity index (χ1) is 17.1. The third-order valence-corrected chi connectivity index (χ3v) is 5.87. The highest BCUT2D eigenvalue weighted by Gasteiger charge is 2.20. The molecule has 4 nitrogen and oxygen atoms in total. The molecule has 2 heterocycles. The number of aryl methyl sites for hydroxylation is 1. The molecule has 0 unspecified atom stereocenters. The van der Waals surface area contributed by atoms with Gasteiger partial charge in [0.1, 0.15) is 5.82 Å². The Balaban J connectivity index is 1.42. The molecule has 30 heavy (non-hydrogen) atoms. The summed E-state index contributed by atoms with van der Waals surface area (Å²) in [7, 11) is 0. The van der Waals surface area contributed by atoms with Crippen LogP contribution in [0, 0.1) is 11.7 Å². The molecule has 0 spiro atoms. The Hall–Kier alpha value is -2.11. The van der Waals surface area contributed by atoms with Gasteiger partial charge in [0.25, 0.3) is 0 Å². The van der Waals surface area contributed by atoms with Crippen LogP contribution in [-0.4, -0.2) is 50.8 Å². The Kier molecular flexibility index (Phi) is 5.07. The zero-order valence-electron chi connectivity index (χ0n) is 23.6. The molecule has 5 heteroatoms. The van der Waals surface area contributed by atoms with Crippen LogP contribution in [0.1, 0.15) is 37.7 Å². The van der Waals surface area contributed by atoms with Crippen molar-refractivity contribution in [3.63, 3.8) is 0 Å². The second-order valence-electron chi connectivity index (χ2n) is 7.98. The number of ether oxygens (including phenoxy) is 1. The van der Waals surface area contributed by atoms with Crippen molar-refractivity contribution in [1.29, 1.82) is 0 Å². The number of likely N-dealkylation sites (tertiary alicyclic amines) is 1. The fourth-order valence-electron chi connectivity index (χ4n) is 3.94. The van der Waals surface area contributed by atoms with E-state index in [1.54, 1.807) is 0 Å². The summed E-state index contributed by atoms with van der Waals surface area (Å²) in [4.78, 5) is 3.44. The number of morpholine rings is 1. The molecule has 2 aliphatic heterocycles. The fraction of sp³-hybridized carbons (Fsp3) is 0.520. The van der Waals surface area contributed by atoms with Gasteiger partial charge in [0.2, 0.25) is 0 Å². The molecule has 2 aliphatic rings. The standard InChI is InChI=1S/C25H34FN3O/c1-2-20-3-5-22(6-4-20)19-28-11-9-21(10-12-28)18-27-23-7-8-25(24(26)17-23)29-13-15-30-16-14-29/h3-8,17,21,27H,2,9-16,18-19H2,1H3/i7D,8D,13D2,17D/hD. The van der Waals surface area contributed by atoms with E-state index in [2.05, 4.69) is 36.1 Å². The van der Waals surface area contributed by atoms with Crippen molar-refractivity contribution in [3.05, 3.63) is 59.3 Å². The summed E-state index contributed by atoms with van der Waals surface area (Å²) < 4.78 is 70.3. The van der Waals surface area contributed by atoms with Crippen LogP contribution in [0.2, 0.25) is 1.41 Å². The Morgan fingerprint density at radius 2 is 1.93 bits per heavy atom. The van der Waals surface area contributed by atoms with Gasteiger partial charge in [-0.05, 0) is 67.5 Å². The van der Waals surface area contributed by atoms with E-state index in [0.717, 1.165) is 49.1 Å². The first-order valence-corrected chi connectivity index (χ1v) is 10.8. The highest BCUT2D eigenvalue weighted by molar-refractivity contribution is 5.56. The monoisotopic (exact) mass is 417 g/mol. The molecule has 2 fully saturated rings. The van der Waals surface area contributed by atoms with Gasteiger partial charge in [0.15, 0.2) is 1.41 Å². The van der Waals surface area contributed by atoms with Crippen molar-refractivity contribution in [1.82, 2.24) is 4.90 Å². The average molecular weight is 418 g/mol. The first kappa shape index (κ1) is 14.8. The third-order valence-electron chi connectivity index (χ3n) is 5.87. The predicted octanol–water partition coefficient (Wildman–Crippen LogP) is 4.55. The lowest BCUT2D eigenvalue weighted by Gasteiger charge is -2.32. The van der Waals surface area contributed by atoms with E-state index in [1.807, 2.05) is 0 Å². The maximum absolute atomic E-state index is 15.3. The second kappa shape index (κ2) is 10.3. The smallest absolute Gasteiger partial charge is 0.160 e. The number of hydrogen-bond donors (Lipinski definition) is 1. The summed E-state index contributed by atoms with van der Waals surface area (Å²) >= 11 is 0. The van der Waals surface area contributed by atoms with Gasteiger partial charge in [-0.3, -0.25) is 4.90 Å². The fourth-order valence-corrected chi connectivity index (χ4v) is 3.94. The Morgan fingerprint density at radius 1 is 1.17 bits per heavy atom. The van der Waals surface area contributed by atoms with E-state index >= 15 is 4.39 Å². The quantitative estimate of drug-likeness (QED) is 0.715. The van der Waals surface area contributed by atoms with Crippen molar-refractivity contribution in [2.75, 3.05) is 56.1 Å². The van der Waals surface area contributed by atoms with Crippen LogP contribution in [0.25, 0.3) is 0 Å². The lowest BCUT2D eigenvalue weighted by molar-refractivity contribution is 0.122. The molecule has 4 rings (SSSR count). The minimum absolute atomic E-state index is 0.0138. The molecule has 0 amide bonds. The molecule has 1 N–H and O–H groups in total. The molecule has 0 bridgehead atoms.